The second-order valence-electron chi connectivity index (χ2n) is 6.22. The highest BCUT2D eigenvalue weighted by Crippen LogP contribution is 2.29. The third-order valence-electron chi connectivity index (χ3n) is 4.69. The van der Waals surface area contributed by atoms with Crippen LogP contribution in [0.25, 0.3) is 16.7 Å². The maximum Gasteiger partial charge on any atom is 0.333 e. The standard InChI is InChI=1S/C20H25N3O/c1-5-9-17-15(12-13-21(17)3)14-16(6-2)23-19-11-8-7-10-18(19)22(4)20(23)24/h6-11,14H,5,12-13H2,1-4H3/b15-14-,16-6+,17-9+. The number of nitrogens with zero attached hydrogens (tertiary/aromatic N) is 3. The van der Waals surface area contributed by atoms with Crippen LogP contribution < -0.4 is 5.69 Å². The monoisotopic (exact) mass is 323 g/mol. The summed E-state index contributed by atoms with van der Waals surface area (Å²) < 4.78 is 3.52. The molecule has 2 aromatic rings. The van der Waals surface area contributed by atoms with Crippen molar-refractivity contribution < 1.29 is 0 Å². The fraction of sp³-hybridized carbons (Fsp3) is 0.350. The van der Waals surface area contributed by atoms with Crippen LogP contribution in [0.2, 0.25) is 0 Å². The average molecular weight is 323 g/mol. The van der Waals surface area contributed by atoms with E-state index in [1.165, 1.54) is 11.3 Å². The quantitative estimate of drug-likeness (QED) is 0.861. The molecule has 4 nitrogen and oxygen atoms in total. The Balaban J connectivity index is 2.15. The van der Waals surface area contributed by atoms with Crippen LogP contribution in [0.4, 0.5) is 0 Å². The van der Waals surface area contributed by atoms with Crippen molar-refractivity contribution in [1.82, 2.24) is 14.0 Å². The summed E-state index contributed by atoms with van der Waals surface area (Å²) in [4.78, 5) is 15.1. The van der Waals surface area contributed by atoms with E-state index in [2.05, 4.69) is 31.0 Å². The van der Waals surface area contributed by atoms with E-state index in [1.807, 2.05) is 48.9 Å². The zero-order valence-electron chi connectivity index (χ0n) is 14.9. The summed E-state index contributed by atoms with van der Waals surface area (Å²) in [6.45, 7) is 5.17. The number of aromatic nitrogens is 2. The molecular formula is C20H25N3O. The minimum absolute atomic E-state index is 0.00600. The van der Waals surface area contributed by atoms with Crippen LogP contribution in [0.5, 0.6) is 0 Å². The average Bonchev–Trinajstić information content (AvgIpc) is 3.06. The first-order chi connectivity index (χ1) is 11.6. The van der Waals surface area contributed by atoms with Gasteiger partial charge < -0.3 is 4.90 Å². The first-order valence-corrected chi connectivity index (χ1v) is 8.53. The summed E-state index contributed by atoms with van der Waals surface area (Å²) in [5.41, 5.74) is 5.41. The fourth-order valence-electron chi connectivity index (χ4n) is 3.41. The first kappa shape index (κ1) is 16.4. The number of para-hydroxylation sites is 2. The van der Waals surface area contributed by atoms with Gasteiger partial charge in [0.2, 0.25) is 0 Å². The maximum atomic E-state index is 12.8. The number of imidazole rings is 1. The van der Waals surface area contributed by atoms with E-state index in [1.54, 1.807) is 4.57 Å². The number of likely N-dealkylation sites (N-methyl/N-ethyl adjacent to an activating group) is 1. The Morgan fingerprint density at radius 1 is 1.21 bits per heavy atom. The Hall–Kier alpha value is -2.49. The molecule has 0 saturated carbocycles. The topological polar surface area (TPSA) is 30.2 Å². The van der Waals surface area contributed by atoms with Gasteiger partial charge in [-0.15, -0.1) is 0 Å². The lowest BCUT2D eigenvalue weighted by Gasteiger charge is -2.13. The molecular weight excluding hydrogens is 298 g/mol. The Kier molecular flexibility index (Phi) is 4.47. The molecule has 126 valence electrons. The van der Waals surface area contributed by atoms with Crippen LogP contribution >= 0.6 is 0 Å². The van der Waals surface area contributed by atoms with Gasteiger partial charge in [-0.2, -0.15) is 0 Å². The van der Waals surface area contributed by atoms with Crippen molar-refractivity contribution >= 4 is 16.7 Å². The van der Waals surface area contributed by atoms with Gasteiger partial charge in [0.1, 0.15) is 0 Å². The van der Waals surface area contributed by atoms with Crippen LogP contribution in [0.1, 0.15) is 26.7 Å². The third kappa shape index (κ3) is 2.62. The molecule has 1 aliphatic heterocycles. The summed E-state index contributed by atoms with van der Waals surface area (Å²) >= 11 is 0. The minimum Gasteiger partial charge on any atom is -0.374 e. The Morgan fingerprint density at radius 2 is 1.92 bits per heavy atom. The lowest BCUT2D eigenvalue weighted by Crippen LogP contribution is -2.21. The normalized spacial score (nSPS) is 19.2. The van der Waals surface area contributed by atoms with E-state index in [9.17, 15) is 4.79 Å². The molecule has 1 fully saturated rings. The van der Waals surface area contributed by atoms with Crippen LogP contribution in [0.3, 0.4) is 0 Å². The van der Waals surface area contributed by atoms with Crippen molar-refractivity contribution in [3.05, 3.63) is 64.2 Å². The van der Waals surface area contributed by atoms with Crippen LogP contribution in [0.15, 0.2) is 58.6 Å². The van der Waals surface area contributed by atoms with Crippen LogP contribution in [-0.4, -0.2) is 27.6 Å². The number of fused-ring (bicyclic) bond motifs is 1. The molecule has 0 N–H and O–H groups in total. The van der Waals surface area contributed by atoms with Crippen molar-refractivity contribution in [3.8, 4) is 0 Å². The smallest absolute Gasteiger partial charge is 0.333 e. The number of hydrogen-bond donors (Lipinski definition) is 0. The second kappa shape index (κ2) is 6.56. The molecule has 1 aromatic heterocycles. The molecule has 24 heavy (non-hydrogen) atoms. The highest BCUT2D eigenvalue weighted by Gasteiger charge is 2.20. The van der Waals surface area contributed by atoms with Gasteiger partial charge in [0, 0.05) is 32.0 Å². The van der Waals surface area contributed by atoms with Gasteiger partial charge in [-0.3, -0.25) is 9.13 Å². The summed E-state index contributed by atoms with van der Waals surface area (Å²) in [6.07, 6.45) is 8.47. The molecule has 0 radical (unpaired) electrons. The van der Waals surface area contributed by atoms with Gasteiger partial charge in [0.05, 0.1) is 11.0 Å². The van der Waals surface area contributed by atoms with E-state index >= 15 is 0 Å². The minimum atomic E-state index is -0.00600. The molecule has 1 saturated heterocycles. The second-order valence-corrected chi connectivity index (χ2v) is 6.22. The molecule has 0 spiro atoms. The predicted molar refractivity (Wildman–Crippen MR) is 101 cm³/mol. The molecule has 0 amide bonds. The van der Waals surface area contributed by atoms with Crippen molar-refractivity contribution in [1.29, 1.82) is 0 Å². The lowest BCUT2D eigenvalue weighted by atomic mass is 10.1. The van der Waals surface area contributed by atoms with Crippen molar-refractivity contribution in [2.24, 2.45) is 7.05 Å². The predicted octanol–water partition coefficient (Wildman–Crippen LogP) is 3.76. The Bertz CT molecular complexity index is 909. The molecule has 0 bridgehead atoms. The lowest BCUT2D eigenvalue weighted by molar-refractivity contribution is 0.480. The molecule has 3 rings (SSSR count). The van der Waals surface area contributed by atoms with Gasteiger partial charge >= 0.3 is 5.69 Å². The molecule has 0 atom stereocenters. The molecule has 1 aliphatic rings. The van der Waals surface area contributed by atoms with E-state index in [-0.39, 0.29) is 5.69 Å². The van der Waals surface area contributed by atoms with Crippen LogP contribution in [0, 0.1) is 0 Å². The summed E-state index contributed by atoms with van der Waals surface area (Å²) in [6, 6.07) is 7.93. The summed E-state index contributed by atoms with van der Waals surface area (Å²) in [5, 5.41) is 0. The molecule has 0 unspecified atom stereocenters. The zero-order valence-corrected chi connectivity index (χ0v) is 14.9. The molecule has 2 heterocycles. The van der Waals surface area contributed by atoms with E-state index in [0.717, 1.165) is 36.1 Å². The first-order valence-electron chi connectivity index (χ1n) is 8.53. The highest BCUT2D eigenvalue weighted by molar-refractivity contribution is 5.81. The van der Waals surface area contributed by atoms with E-state index in [4.69, 9.17) is 0 Å². The SMILES string of the molecule is C\C=C(/C=C1/CCN(C)/C1=C/CC)n1c(=O)n(C)c2ccccc21. The van der Waals surface area contributed by atoms with Crippen molar-refractivity contribution in [2.75, 3.05) is 13.6 Å². The zero-order chi connectivity index (χ0) is 17.3. The fourth-order valence-corrected chi connectivity index (χ4v) is 3.41. The number of benzene rings is 1. The summed E-state index contributed by atoms with van der Waals surface area (Å²) in [7, 11) is 3.95. The molecule has 0 aliphatic carbocycles. The largest absolute Gasteiger partial charge is 0.374 e. The molecule has 1 aromatic carbocycles. The Morgan fingerprint density at radius 3 is 2.58 bits per heavy atom. The summed E-state index contributed by atoms with van der Waals surface area (Å²) in [5.74, 6) is 0. The van der Waals surface area contributed by atoms with E-state index in [0.29, 0.717) is 0 Å². The Labute approximate surface area is 143 Å². The third-order valence-corrected chi connectivity index (χ3v) is 4.69. The van der Waals surface area contributed by atoms with Gasteiger partial charge in [-0.1, -0.05) is 31.2 Å². The maximum absolute atomic E-state index is 12.8. The van der Waals surface area contributed by atoms with Gasteiger partial charge in [-0.25, -0.2) is 4.79 Å². The van der Waals surface area contributed by atoms with Crippen molar-refractivity contribution in [3.63, 3.8) is 0 Å². The van der Waals surface area contributed by atoms with Crippen molar-refractivity contribution in [2.45, 2.75) is 26.7 Å². The van der Waals surface area contributed by atoms with Crippen LogP contribution in [-0.2, 0) is 7.05 Å². The van der Waals surface area contributed by atoms with Gasteiger partial charge in [0.15, 0.2) is 0 Å². The number of rotatable bonds is 3. The van der Waals surface area contributed by atoms with E-state index < -0.39 is 0 Å². The molecule has 4 heteroatoms. The van der Waals surface area contributed by atoms with Gasteiger partial charge in [-0.05, 0) is 43.5 Å². The number of likely N-dealkylation sites (tertiary alicyclic amines) is 1. The highest BCUT2D eigenvalue weighted by atomic mass is 16.1. The number of aryl methyl sites for hydroxylation is 1. The van der Waals surface area contributed by atoms with Gasteiger partial charge in [0.25, 0.3) is 0 Å². The number of allylic oxidation sites excluding steroid dienone is 5. The number of hydrogen-bond acceptors (Lipinski definition) is 2.